The monoisotopic (exact) mass is 505 g/mol. The van der Waals surface area contributed by atoms with E-state index >= 15 is 0 Å². The predicted molar refractivity (Wildman–Crippen MR) is 135 cm³/mol. The van der Waals surface area contributed by atoms with Crippen LogP contribution in [0.5, 0.6) is 0 Å². The molecule has 4 heterocycles. The van der Waals surface area contributed by atoms with Gasteiger partial charge in [-0.2, -0.15) is 15.1 Å². The Bertz CT molecular complexity index is 1460. The van der Waals surface area contributed by atoms with Crippen LogP contribution in [-0.4, -0.2) is 66.2 Å². The van der Waals surface area contributed by atoms with Crippen molar-refractivity contribution < 1.29 is 19.1 Å². The molecule has 6 rings (SSSR count). The first-order chi connectivity index (χ1) is 18.0. The fourth-order valence-corrected chi connectivity index (χ4v) is 4.68. The molecule has 1 aromatic carbocycles. The van der Waals surface area contributed by atoms with Crippen LogP contribution in [0, 0.1) is 12.8 Å². The van der Waals surface area contributed by atoms with Gasteiger partial charge in [0.25, 0.3) is 0 Å². The number of Topliss-reactive ketones (excluding diaryl/α,β-unsaturated/α-hetero) is 1. The van der Waals surface area contributed by atoms with Crippen LogP contribution in [0.4, 0.5) is 16.0 Å². The molecule has 1 atom stereocenters. The van der Waals surface area contributed by atoms with E-state index in [2.05, 4.69) is 20.4 Å². The van der Waals surface area contributed by atoms with Crippen LogP contribution in [0.2, 0.25) is 0 Å². The second kappa shape index (κ2) is 9.66. The highest BCUT2D eigenvalue weighted by molar-refractivity contribution is 6.10. The molecule has 1 unspecified atom stereocenters. The van der Waals surface area contributed by atoms with Crippen LogP contribution in [0.1, 0.15) is 34.5 Å². The van der Waals surface area contributed by atoms with Gasteiger partial charge >= 0.3 is 0 Å². The average molecular weight is 506 g/mol. The van der Waals surface area contributed by atoms with Crippen molar-refractivity contribution in [3.8, 4) is 5.82 Å². The van der Waals surface area contributed by atoms with Gasteiger partial charge in [-0.05, 0) is 38.0 Å². The van der Waals surface area contributed by atoms with E-state index in [1.807, 2.05) is 31.3 Å². The molecule has 3 aromatic heterocycles. The third-order valence-corrected chi connectivity index (χ3v) is 6.76. The Labute approximate surface area is 212 Å². The largest absolute Gasteiger partial charge is 0.389 e. The van der Waals surface area contributed by atoms with Gasteiger partial charge in [-0.1, -0.05) is 0 Å². The lowest BCUT2D eigenvalue weighted by atomic mass is 10.1. The maximum Gasteiger partial charge on any atom is 0.229 e. The summed E-state index contributed by atoms with van der Waals surface area (Å²) in [6, 6.07) is 7.43. The van der Waals surface area contributed by atoms with Gasteiger partial charge in [0.1, 0.15) is 6.67 Å². The third-order valence-electron chi connectivity index (χ3n) is 6.76. The smallest absolute Gasteiger partial charge is 0.229 e. The highest BCUT2D eigenvalue weighted by atomic mass is 19.1. The molecule has 10 nitrogen and oxygen atoms in total. The first-order valence-corrected chi connectivity index (χ1v) is 12.4. The summed E-state index contributed by atoms with van der Waals surface area (Å²) in [6.45, 7) is 2.91. The number of hydrogen-bond donors (Lipinski definition) is 2. The number of halogens is 1. The van der Waals surface area contributed by atoms with Crippen LogP contribution >= 0.6 is 0 Å². The zero-order valence-corrected chi connectivity index (χ0v) is 20.5. The summed E-state index contributed by atoms with van der Waals surface area (Å²) in [5.41, 5.74) is 4.01. The quantitative estimate of drug-likeness (QED) is 0.333. The molecule has 4 aromatic rings. The first-order valence-electron chi connectivity index (χ1n) is 12.4. The van der Waals surface area contributed by atoms with Crippen molar-refractivity contribution in [2.45, 2.75) is 39.0 Å². The Morgan fingerprint density at radius 2 is 2.14 bits per heavy atom. The Kier molecular flexibility index (Phi) is 6.19. The number of nitrogens with one attached hydrogen (secondary N) is 1. The lowest BCUT2D eigenvalue weighted by molar-refractivity contribution is -0.118. The Morgan fingerprint density at radius 1 is 1.27 bits per heavy atom. The number of β-amino-alcohol motifs (C(OH)–C–C–N with tert-alkyl or cyclic N) is 1. The molecular formula is C26H28FN7O3. The van der Waals surface area contributed by atoms with Crippen LogP contribution in [0.15, 0.2) is 42.9 Å². The molecule has 2 fully saturated rings. The molecule has 192 valence electrons. The molecule has 0 amide bonds. The van der Waals surface area contributed by atoms with Gasteiger partial charge in [-0.25, -0.2) is 14.1 Å². The first kappa shape index (κ1) is 23.7. The minimum absolute atomic E-state index is 0.0746. The number of rotatable bonds is 9. The summed E-state index contributed by atoms with van der Waals surface area (Å²) >= 11 is 0. The van der Waals surface area contributed by atoms with Crippen LogP contribution in [0.25, 0.3) is 16.7 Å². The average Bonchev–Trinajstić information content (AvgIpc) is 3.44. The normalized spacial score (nSPS) is 18.1. The molecule has 1 saturated carbocycles. The molecule has 11 heteroatoms. The maximum absolute atomic E-state index is 13.1. The van der Waals surface area contributed by atoms with Crippen molar-refractivity contribution in [3.63, 3.8) is 0 Å². The Balaban J connectivity index is 1.25. The van der Waals surface area contributed by atoms with E-state index in [9.17, 15) is 14.3 Å². The molecule has 0 spiro atoms. The fraction of sp³-hybridized carbons (Fsp3) is 0.385. The Morgan fingerprint density at radius 3 is 2.89 bits per heavy atom. The number of hydroxylamine groups is 2. The standard InChI is InChI=1S/C26H28FN7O3/c1-16-18(11-33-13-20(35)15-37-33)12-34(31-16)24-6-8-28-26(30-24)29-19-4-5-23-21(10-19)22(14-32(23)9-7-27)25(36)17-2-3-17/h4-6,8,10,12,14,17,20,35H,2-3,7,9,11,13,15H2,1H3,(H,28,29,30). The van der Waals surface area contributed by atoms with Crippen LogP contribution in [-0.2, 0) is 17.9 Å². The van der Waals surface area contributed by atoms with Gasteiger partial charge in [0.05, 0.1) is 38.0 Å². The minimum Gasteiger partial charge on any atom is -0.389 e. The second-order valence-corrected chi connectivity index (χ2v) is 9.62. The van der Waals surface area contributed by atoms with Gasteiger partial charge in [-0.3, -0.25) is 9.63 Å². The number of alkyl halides is 1. The minimum atomic E-state index is -0.497. The number of ketones is 1. The van der Waals surface area contributed by atoms with Gasteiger partial charge < -0.3 is 15.0 Å². The van der Waals surface area contributed by atoms with Crippen molar-refractivity contribution in [2.24, 2.45) is 5.92 Å². The van der Waals surface area contributed by atoms with E-state index in [1.54, 1.807) is 32.8 Å². The van der Waals surface area contributed by atoms with Crippen LogP contribution in [0.3, 0.4) is 0 Å². The van der Waals surface area contributed by atoms with Crippen molar-refractivity contribution in [1.29, 1.82) is 0 Å². The van der Waals surface area contributed by atoms with E-state index in [1.165, 1.54) is 0 Å². The number of anilines is 2. The summed E-state index contributed by atoms with van der Waals surface area (Å²) in [4.78, 5) is 27.3. The number of aliphatic hydroxyl groups is 1. The van der Waals surface area contributed by atoms with Crippen molar-refractivity contribution in [1.82, 2.24) is 29.4 Å². The highest BCUT2D eigenvalue weighted by Gasteiger charge is 2.32. The molecule has 1 aliphatic heterocycles. The number of aryl methyl sites for hydroxylation is 2. The van der Waals surface area contributed by atoms with Crippen molar-refractivity contribution in [2.75, 3.05) is 25.1 Å². The van der Waals surface area contributed by atoms with E-state index in [4.69, 9.17) is 4.84 Å². The SMILES string of the molecule is Cc1nn(-c2ccnc(Nc3ccc4c(c3)c(C(=O)C3CC3)cn4CCF)n2)cc1CN1CC(O)CO1. The molecule has 2 aliphatic rings. The highest BCUT2D eigenvalue weighted by Crippen LogP contribution is 2.36. The molecule has 1 aliphatic carbocycles. The fourth-order valence-electron chi connectivity index (χ4n) is 4.68. The van der Waals surface area contributed by atoms with E-state index in [-0.39, 0.29) is 18.2 Å². The number of carbonyl (C=O) groups excluding carboxylic acids is 1. The van der Waals surface area contributed by atoms with E-state index in [0.29, 0.717) is 37.0 Å². The number of hydrogen-bond acceptors (Lipinski definition) is 8. The molecule has 37 heavy (non-hydrogen) atoms. The molecule has 2 N–H and O–H groups in total. The van der Waals surface area contributed by atoms with Gasteiger partial charge in [0.2, 0.25) is 5.95 Å². The number of nitrogens with zero attached hydrogens (tertiary/aromatic N) is 6. The molecule has 1 saturated heterocycles. The van der Waals surface area contributed by atoms with E-state index in [0.717, 1.165) is 40.7 Å². The number of aliphatic hydroxyl groups excluding tert-OH is 1. The third kappa shape index (κ3) is 4.85. The lowest BCUT2D eigenvalue weighted by Gasteiger charge is -2.12. The maximum atomic E-state index is 13.1. The lowest BCUT2D eigenvalue weighted by Crippen LogP contribution is -2.20. The number of carbonyl (C=O) groups is 1. The van der Waals surface area contributed by atoms with Gasteiger partial charge in [-0.15, -0.1) is 0 Å². The summed E-state index contributed by atoms with van der Waals surface area (Å²) in [6.07, 6.45) is 6.67. The topological polar surface area (TPSA) is 110 Å². The van der Waals surface area contributed by atoms with Gasteiger partial charge in [0.15, 0.2) is 11.6 Å². The summed E-state index contributed by atoms with van der Waals surface area (Å²) in [5, 5.41) is 20.0. The summed E-state index contributed by atoms with van der Waals surface area (Å²) in [5.74, 6) is 1.17. The number of benzene rings is 1. The predicted octanol–water partition coefficient (Wildman–Crippen LogP) is 3.34. The molecule has 0 bridgehead atoms. The van der Waals surface area contributed by atoms with Gasteiger partial charge in [0, 0.05) is 58.3 Å². The zero-order chi connectivity index (χ0) is 25.5. The molecule has 0 radical (unpaired) electrons. The molecular weight excluding hydrogens is 477 g/mol. The zero-order valence-electron chi connectivity index (χ0n) is 20.5. The number of aromatic nitrogens is 5. The summed E-state index contributed by atoms with van der Waals surface area (Å²) in [7, 11) is 0. The number of fused-ring (bicyclic) bond motifs is 1. The Hall–Kier alpha value is -3.67. The van der Waals surface area contributed by atoms with Crippen molar-refractivity contribution in [3.05, 3.63) is 59.7 Å². The summed E-state index contributed by atoms with van der Waals surface area (Å²) < 4.78 is 16.6. The van der Waals surface area contributed by atoms with Crippen LogP contribution < -0.4 is 5.32 Å². The van der Waals surface area contributed by atoms with E-state index < -0.39 is 12.8 Å². The van der Waals surface area contributed by atoms with Crippen molar-refractivity contribution >= 4 is 28.3 Å². The second-order valence-electron chi connectivity index (χ2n) is 9.62.